The van der Waals surface area contributed by atoms with Gasteiger partial charge in [0.2, 0.25) is 15.9 Å². The normalized spacial score (nSPS) is 14.3. The van der Waals surface area contributed by atoms with E-state index in [1.165, 1.54) is 10.4 Å². The fraction of sp³-hybridized carbons (Fsp3) is 0.391. The topological polar surface area (TPSA) is 92.8 Å². The Kier molecular flexibility index (Phi) is 7.98. The van der Waals surface area contributed by atoms with Crippen LogP contribution in [-0.2, 0) is 26.0 Å². The van der Waals surface area contributed by atoms with E-state index in [1.54, 1.807) is 0 Å². The molecular formula is C23H27FN2O5S. The second kappa shape index (κ2) is 10.7. The second-order valence-electron chi connectivity index (χ2n) is 7.73. The average Bonchev–Trinajstić information content (AvgIpc) is 3.32. The van der Waals surface area contributed by atoms with Crippen molar-refractivity contribution in [3.63, 3.8) is 0 Å². The molecule has 9 heteroatoms. The van der Waals surface area contributed by atoms with Crippen LogP contribution < -0.4 is 5.32 Å². The number of esters is 1. The van der Waals surface area contributed by atoms with E-state index in [4.69, 9.17) is 4.74 Å². The lowest BCUT2D eigenvalue weighted by atomic mass is 10.1. The van der Waals surface area contributed by atoms with Crippen LogP contribution in [0.5, 0.6) is 0 Å². The summed E-state index contributed by atoms with van der Waals surface area (Å²) < 4.78 is 45.8. The Bertz CT molecular complexity index is 1060. The first-order chi connectivity index (χ1) is 15.3. The van der Waals surface area contributed by atoms with E-state index in [0.717, 1.165) is 36.1 Å². The molecule has 0 aromatic heterocycles. The van der Waals surface area contributed by atoms with Gasteiger partial charge < -0.3 is 10.1 Å². The van der Waals surface area contributed by atoms with E-state index >= 15 is 0 Å². The molecule has 0 saturated carbocycles. The minimum atomic E-state index is -4.00. The minimum Gasteiger partial charge on any atom is -0.460 e. The third kappa shape index (κ3) is 6.14. The molecule has 2 aromatic carbocycles. The van der Waals surface area contributed by atoms with Crippen LogP contribution in [0, 0.1) is 12.7 Å². The van der Waals surface area contributed by atoms with E-state index in [1.807, 2.05) is 31.2 Å². The maximum Gasteiger partial charge on any atom is 0.338 e. The molecule has 0 atom stereocenters. The van der Waals surface area contributed by atoms with Gasteiger partial charge in [-0.05, 0) is 49.9 Å². The summed E-state index contributed by atoms with van der Waals surface area (Å²) in [7, 11) is -4.00. The van der Waals surface area contributed by atoms with Crippen LogP contribution in [0.4, 0.5) is 4.39 Å². The number of benzene rings is 2. The van der Waals surface area contributed by atoms with Crippen molar-refractivity contribution in [2.24, 2.45) is 0 Å². The lowest BCUT2D eigenvalue weighted by Gasteiger charge is -2.16. The summed E-state index contributed by atoms with van der Waals surface area (Å²) in [6, 6.07) is 11.1. The summed E-state index contributed by atoms with van der Waals surface area (Å²) >= 11 is 0. The average molecular weight is 463 g/mol. The van der Waals surface area contributed by atoms with Gasteiger partial charge in [-0.1, -0.05) is 29.8 Å². The van der Waals surface area contributed by atoms with Gasteiger partial charge in [-0.25, -0.2) is 17.6 Å². The van der Waals surface area contributed by atoms with Gasteiger partial charge in [0.25, 0.3) is 0 Å². The summed E-state index contributed by atoms with van der Waals surface area (Å²) in [4.78, 5) is 23.7. The summed E-state index contributed by atoms with van der Waals surface area (Å²) in [5.41, 5.74) is 2.16. The zero-order valence-electron chi connectivity index (χ0n) is 18.0. The molecule has 7 nitrogen and oxygen atoms in total. The van der Waals surface area contributed by atoms with Crippen LogP contribution in [0.1, 0.15) is 40.7 Å². The smallest absolute Gasteiger partial charge is 0.338 e. The quantitative estimate of drug-likeness (QED) is 0.457. The Hall–Kier alpha value is -2.78. The predicted octanol–water partition coefficient (Wildman–Crippen LogP) is 2.82. The standard InChI is InChI=1S/C23H27FN2O5S/c1-17-4-6-18(7-5-17)8-11-22(27)25-12-15-31-23(28)19-9-10-20(24)21(16-19)32(29,30)26-13-2-3-14-26/h4-7,9-10,16H,2-3,8,11-15H2,1H3,(H,25,27). The first-order valence-corrected chi connectivity index (χ1v) is 12.0. The number of nitrogens with zero attached hydrogens (tertiary/aromatic N) is 1. The van der Waals surface area contributed by atoms with Gasteiger partial charge in [0.15, 0.2) is 0 Å². The molecule has 0 bridgehead atoms. The number of rotatable bonds is 9. The van der Waals surface area contributed by atoms with Crippen molar-refractivity contribution in [2.45, 2.75) is 37.5 Å². The maximum atomic E-state index is 14.2. The molecule has 1 saturated heterocycles. The highest BCUT2D eigenvalue weighted by atomic mass is 32.2. The van der Waals surface area contributed by atoms with Gasteiger partial charge in [0.05, 0.1) is 12.1 Å². The van der Waals surface area contributed by atoms with Crippen LogP contribution in [0.15, 0.2) is 47.4 Å². The van der Waals surface area contributed by atoms with Crippen LogP contribution in [0.25, 0.3) is 0 Å². The highest BCUT2D eigenvalue weighted by Crippen LogP contribution is 2.24. The maximum absolute atomic E-state index is 14.2. The third-order valence-corrected chi connectivity index (χ3v) is 7.18. The molecule has 0 radical (unpaired) electrons. The first kappa shape index (κ1) is 23.9. The van der Waals surface area contributed by atoms with E-state index in [-0.39, 0.29) is 24.6 Å². The van der Waals surface area contributed by atoms with Gasteiger partial charge in [0, 0.05) is 19.5 Å². The van der Waals surface area contributed by atoms with Crippen molar-refractivity contribution in [1.29, 1.82) is 0 Å². The van der Waals surface area contributed by atoms with Crippen molar-refractivity contribution in [2.75, 3.05) is 26.2 Å². The fourth-order valence-electron chi connectivity index (χ4n) is 3.41. The Balaban J connectivity index is 1.47. The number of carbonyl (C=O) groups is 2. The molecule has 1 heterocycles. The Morgan fingerprint density at radius 1 is 1.09 bits per heavy atom. The minimum absolute atomic E-state index is 0.0603. The summed E-state index contributed by atoms with van der Waals surface area (Å²) in [5.74, 6) is -1.85. The molecule has 0 unspecified atom stereocenters. The summed E-state index contributed by atoms with van der Waals surface area (Å²) in [5, 5.41) is 2.67. The van der Waals surface area contributed by atoms with Gasteiger partial charge in [-0.2, -0.15) is 4.31 Å². The van der Waals surface area contributed by atoms with Crippen molar-refractivity contribution in [3.8, 4) is 0 Å². The fourth-order valence-corrected chi connectivity index (χ4v) is 5.02. The molecule has 172 valence electrons. The molecule has 32 heavy (non-hydrogen) atoms. The van der Waals surface area contributed by atoms with E-state index in [2.05, 4.69) is 5.32 Å². The lowest BCUT2D eigenvalue weighted by Crippen LogP contribution is -2.29. The highest BCUT2D eigenvalue weighted by Gasteiger charge is 2.30. The number of aryl methyl sites for hydroxylation is 2. The molecule has 1 fully saturated rings. The van der Waals surface area contributed by atoms with Crippen LogP contribution >= 0.6 is 0 Å². The highest BCUT2D eigenvalue weighted by molar-refractivity contribution is 7.89. The van der Waals surface area contributed by atoms with E-state index in [9.17, 15) is 22.4 Å². The number of hydrogen-bond acceptors (Lipinski definition) is 5. The molecule has 1 aliphatic rings. The molecule has 0 spiro atoms. The van der Waals surface area contributed by atoms with Crippen molar-refractivity contribution in [3.05, 3.63) is 65.0 Å². The van der Waals surface area contributed by atoms with Gasteiger partial charge in [-0.15, -0.1) is 0 Å². The summed E-state index contributed by atoms with van der Waals surface area (Å²) in [6.07, 6.45) is 2.36. The van der Waals surface area contributed by atoms with Crippen LogP contribution in [0.2, 0.25) is 0 Å². The third-order valence-electron chi connectivity index (χ3n) is 5.27. The predicted molar refractivity (Wildman–Crippen MR) is 117 cm³/mol. The molecule has 0 aliphatic carbocycles. The molecule has 1 amide bonds. The van der Waals surface area contributed by atoms with Crippen molar-refractivity contribution < 1.29 is 27.1 Å². The van der Waals surface area contributed by atoms with E-state index < -0.39 is 26.7 Å². The Morgan fingerprint density at radius 2 is 1.78 bits per heavy atom. The number of hydrogen-bond donors (Lipinski definition) is 1. The summed E-state index contributed by atoms with van der Waals surface area (Å²) in [6.45, 7) is 2.70. The zero-order chi connectivity index (χ0) is 23.1. The first-order valence-electron chi connectivity index (χ1n) is 10.6. The van der Waals surface area contributed by atoms with Crippen molar-refractivity contribution >= 4 is 21.9 Å². The number of nitrogens with one attached hydrogen (secondary N) is 1. The molecule has 1 aliphatic heterocycles. The molecule has 2 aromatic rings. The second-order valence-corrected chi connectivity index (χ2v) is 9.63. The number of halogens is 1. The molecule has 3 rings (SSSR count). The Labute approximate surface area is 187 Å². The number of sulfonamides is 1. The zero-order valence-corrected chi connectivity index (χ0v) is 18.8. The monoisotopic (exact) mass is 462 g/mol. The lowest BCUT2D eigenvalue weighted by molar-refractivity contribution is -0.121. The van der Waals surface area contributed by atoms with Gasteiger partial charge in [0.1, 0.15) is 17.3 Å². The molecule has 1 N–H and O–H groups in total. The molecular weight excluding hydrogens is 435 g/mol. The van der Waals surface area contributed by atoms with E-state index in [0.29, 0.717) is 25.9 Å². The van der Waals surface area contributed by atoms with Gasteiger partial charge in [-0.3, -0.25) is 4.79 Å². The number of amides is 1. The Morgan fingerprint density at radius 3 is 2.47 bits per heavy atom. The largest absolute Gasteiger partial charge is 0.460 e. The van der Waals surface area contributed by atoms with Crippen LogP contribution in [0.3, 0.4) is 0 Å². The van der Waals surface area contributed by atoms with Crippen molar-refractivity contribution in [1.82, 2.24) is 9.62 Å². The number of carbonyl (C=O) groups excluding carboxylic acids is 2. The van der Waals surface area contributed by atoms with Gasteiger partial charge >= 0.3 is 5.97 Å². The van der Waals surface area contributed by atoms with Crippen LogP contribution in [-0.4, -0.2) is 50.8 Å². The SMILES string of the molecule is Cc1ccc(CCC(=O)NCCOC(=O)c2ccc(F)c(S(=O)(=O)N3CCCC3)c2)cc1. The number of ether oxygens (including phenoxy) is 1.